The van der Waals surface area contributed by atoms with E-state index in [0.29, 0.717) is 18.1 Å². The number of aryl methyl sites for hydroxylation is 1. The Morgan fingerprint density at radius 3 is 2.89 bits per heavy atom. The van der Waals surface area contributed by atoms with Gasteiger partial charge in [0, 0.05) is 30.4 Å². The summed E-state index contributed by atoms with van der Waals surface area (Å²) in [7, 11) is 2.16. The molecule has 2 aliphatic rings. The topological polar surface area (TPSA) is 51.4 Å². The maximum absolute atomic E-state index is 5.84. The van der Waals surface area contributed by atoms with Crippen molar-refractivity contribution in [2.45, 2.75) is 52.3 Å². The number of hydrogen-bond acceptors (Lipinski definition) is 5. The smallest absolute Gasteiger partial charge is 0.226 e. The van der Waals surface area contributed by atoms with Gasteiger partial charge in [-0.15, -0.1) is 0 Å². The summed E-state index contributed by atoms with van der Waals surface area (Å²) in [5.41, 5.74) is 0.216. The number of aromatic nitrogens is 2. The monoisotopic (exact) mass is 265 g/mol. The first kappa shape index (κ1) is 13.1. The third-order valence-electron chi connectivity index (χ3n) is 4.72. The molecular weight excluding hydrogens is 242 g/mol. The molecule has 0 N–H and O–H groups in total. The fourth-order valence-corrected chi connectivity index (χ4v) is 4.01. The molecule has 1 saturated carbocycles. The molecule has 3 rings (SSSR count). The van der Waals surface area contributed by atoms with Gasteiger partial charge >= 0.3 is 0 Å². The van der Waals surface area contributed by atoms with Crippen LogP contribution in [0.3, 0.4) is 0 Å². The number of rotatable bonds is 4. The van der Waals surface area contributed by atoms with E-state index in [0.717, 1.165) is 31.3 Å². The molecule has 2 fully saturated rings. The largest absolute Gasteiger partial charge is 0.377 e. The van der Waals surface area contributed by atoms with Crippen molar-refractivity contribution in [1.82, 2.24) is 15.0 Å². The molecule has 1 aromatic rings. The van der Waals surface area contributed by atoms with Crippen LogP contribution in [0.2, 0.25) is 0 Å². The Morgan fingerprint density at radius 2 is 2.21 bits per heavy atom. The van der Waals surface area contributed by atoms with Gasteiger partial charge in [0.05, 0.1) is 12.6 Å². The molecule has 0 aromatic carbocycles. The van der Waals surface area contributed by atoms with Crippen LogP contribution in [-0.4, -0.2) is 40.8 Å². The summed E-state index contributed by atoms with van der Waals surface area (Å²) in [6, 6.07) is 0.545. The summed E-state index contributed by atoms with van der Waals surface area (Å²) >= 11 is 0. The molecule has 1 aliphatic carbocycles. The number of fused-ring (bicyclic) bond motifs is 1. The van der Waals surface area contributed by atoms with Crippen LogP contribution >= 0.6 is 0 Å². The molecule has 0 bridgehead atoms. The maximum Gasteiger partial charge on any atom is 0.226 e. The molecule has 5 heteroatoms. The van der Waals surface area contributed by atoms with Crippen LogP contribution in [0.25, 0.3) is 0 Å². The van der Waals surface area contributed by atoms with Crippen molar-refractivity contribution in [3.05, 3.63) is 11.7 Å². The standard InChI is InChI=1S/C14H23N3O2/c1-5-11-15-10(16-19-11)8-17(4)12-9-6-7-18-13(9)14(12,2)3/h9,12-13H,5-8H2,1-4H3/t9-,12+,13+/m0/s1. The Labute approximate surface area is 114 Å². The molecule has 0 radical (unpaired) electrons. The molecule has 0 spiro atoms. The molecule has 19 heavy (non-hydrogen) atoms. The van der Waals surface area contributed by atoms with E-state index in [1.54, 1.807) is 0 Å². The van der Waals surface area contributed by atoms with Gasteiger partial charge in [-0.05, 0) is 13.5 Å². The second kappa shape index (κ2) is 4.56. The van der Waals surface area contributed by atoms with E-state index in [-0.39, 0.29) is 5.41 Å². The fraction of sp³-hybridized carbons (Fsp3) is 0.857. The van der Waals surface area contributed by atoms with Crippen molar-refractivity contribution in [3.8, 4) is 0 Å². The van der Waals surface area contributed by atoms with Gasteiger partial charge in [0.25, 0.3) is 0 Å². The first-order chi connectivity index (χ1) is 9.04. The molecule has 1 saturated heterocycles. The molecule has 0 unspecified atom stereocenters. The lowest BCUT2D eigenvalue weighted by Crippen LogP contribution is -2.65. The number of hydrogen-bond donors (Lipinski definition) is 0. The molecule has 1 aliphatic heterocycles. The van der Waals surface area contributed by atoms with Crippen molar-refractivity contribution in [1.29, 1.82) is 0 Å². The van der Waals surface area contributed by atoms with E-state index >= 15 is 0 Å². The van der Waals surface area contributed by atoms with Gasteiger partial charge in [-0.3, -0.25) is 4.90 Å². The van der Waals surface area contributed by atoms with Crippen LogP contribution < -0.4 is 0 Å². The van der Waals surface area contributed by atoms with Crippen LogP contribution in [0.15, 0.2) is 4.52 Å². The third kappa shape index (κ3) is 1.99. The fourth-order valence-electron chi connectivity index (χ4n) is 4.01. The van der Waals surface area contributed by atoms with Gasteiger partial charge in [0.1, 0.15) is 0 Å². The minimum Gasteiger partial charge on any atom is -0.377 e. The first-order valence-electron chi connectivity index (χ1n) is 7.17. The van der Waals surface area contributed by atoms with Crippen LogP contribution in [-0.2, 0) is 17.7 Å². The number of ether oxygens (including phenoxy) is 1. The van der Waals surface area contributed by atoms with Gasteiger partial charge in [-0.25, -0.2) is 0 Å². The highest BCUT2D eigenvalue weighted by Gasteiger charge is 2.60. The Bertz CT molecular complexity index is 457. The van der Waals surface area contributed by atoms with Crippen LogP contribution in [0.1, 0.15) is 38.9 Å². The van der Waals surface area contributed by atoms with Crippen LogP contribution in [0.5, 0.6) is 0 Å². The lowest BCUT2D eigenvalue weighted by atomic mass is 9.57. The zero-order valence-electron chi connectivity index (χ0n) is 12.2. The van der Waals surface area contributed by atoms with Crippen molar-refractivity contribution >= 4 is 0 Å². The highest BCUT2D eigenvalue weighted by molar-refractivity contribution is 5.11. The maximum atomic E-state index is 5.84. The van der Waals surface area contributed by atoms with E-state index in [4.69, 9.17) is 9.26 Å². The highest BCUT2D eigenvalue weighted by atomic mass is 16.5. The molecule has 5 nitrogen and oxygen atoms in total. The van der Waals surface area contributed by atoms with E-state index in [1.807, 2.05) is 6.92 Å². The summed E-state index contributed by atoms with van der Waals surface area (Å²) in [6.07, 6.45) is 2.40. The number of nitrogens with zero attached hydrogens (tertiary/aromatic N) is 3. The minimum absolute atomic E-state index is 0.216. The molecule has 1 aromatic heterocycles. The highest BCUT2D eigenvalue weighted by Crippen LogP contribution is 2.54. The van der Waals surface area contributed by atoms with E-state index in [1.165, 1.54) is 6.42 Å². The van der Waals surface area contributed by atoms with Crippen molar-refractivity contribution in [2.75, 3.05) is 13.7 Å². The van der Waals surface area contributed by atoms with E-state index < -0.39 is 0 Å². The second-order valence-corrected chi connectivity index (χ2v) is 6.38. The SMILES string of the molecule is CCc1nc(CN(C)[C@@H]2[C@@H]3CCO[C@H]3C2(C)C)no1. The van der Waals surface area contributed by atoms with Gasteiger partial charge in [0.15, 0.2) is 5.82 Å². The molecular formula is C14H23N3O2. The van der Waals surface area contributed by atoms with E-state index in [9.17, 15) is 0 Å². The zero-order chi connectivity index (χ0) is 13.6. The first-order valence-corrected chi connectivity index (χ1v) is 7.17. The van der Waals surface area contributed by atoms with Gasteiger partial charge in [-0.1, -0.05) is 25.9 Å². The second-order valence-electron chi connectivity index (χ2n) is 6.38. The molecule has 2 heterocycles. The summed E-state index contributed by atoms with van der Waals surface area (Å²) in [4.78, 5) is 6.75. The minimum atomic E-state index is 0.216. The predicted octanol–water partition coefficient (Wildman–Crippen LogP) is 1.88. The zero-order valence-corrected chi connectivity index (χ0v) is 12.2. The van der Waals surface area contributed by atoms with Crippen molar-refractivity contribution in [2.24, 2.45) is 11.3 Å². The Kier molecular flexibility index (Phi) is 3.14. The van der Waals surface area contributed by atoms with Crippen molar-refractivity contribution < 1.29 is 9.26 Å². The van der Waals surface area contributed by atoms with Crippen molar-refractivity contribution in [3.63, 3.8) is 0 Å². The third-order valence-corrected chi connectivity index (χ3v) is 4.72. The molecule has 3 atom stereocenters. The normalized spacial score (nSPS) is 32.4. The average molecular weight is 265 g/mol. The Morgan fingerprint density at radius 1 is 1.42 bits per heavy atom. The summed E-state index contributed by atoms with van der Waals surface area (Å²) in [6.45, 7) is 8.28. The lowest BCUT2D eigenvalue weighted by molar-refractivity contribution is -0.151. The quantitative estimate of drug-likeness (QED) is 0.832. The Balaban J connectivity index is 1.68. The Hall–Kier alpha value is -0.940. The van der Waals surface area contributed by atoms with Crippen LogP contribution in [0, 0.1) is 11.3 Å². The summed E-state index contributed by atoms with van der Waals surface area (Å²) < 4.78 is 11.0. The average Bonchev–Trinajstić information content (AvgIpc) is 2.96. The van der Waals surface area contributed by atoms with Gasteiger partial charge in [-0.2, -0.15) is 4.98 Å². The van der Waals surface area contributed by atoms with Crippen LogP contribution in [0.4, 0.5) is 0 Å². The molecule has 0 amide bonds. The predicted molar refractivity (Wildman–Crippen MR) is 70.6 cm³/mol. The van der Waals surface area contributed by atoms with Gasteiger partial charge < -0.3 is 9.26 Å². The lowest BCUT2D eigenvalue weighted by Gasteiger charge is -2.57. The van der Waals surface area contributed by atoms with Gasteiger partial charge in [0.2, 0.25) is 5.89 Å². The summed E-state index contributed by atoms with van der Waals surface area (Å²) in [5, 5.41) is 4.04. The molecule has 106 valence electrons. The van der Waals surface area contributed by atoms with E-state index in [2.05, 4.69) is 35.9 Å². The summed E-state index contributed by atoms with van der Waals surface area (Å²) in [5.74, 6) is 2.17.